The van der Waals surface area contributed by atoms with E-state index in [1.54, 1.807) is 42.3 Å². The first-order valence-electron chi connectivity index (χ1n) is 7.82. The van der Waals surface area contributed by atoms with Gasteiger partial charge in [-0.2, -0.15) is 18.2 Å². The Morgan fingerprint density at radius 1 is 0.962 bits per heavy atom. The molecule has 4 nitrogen and oxygen atoms in total. The lowest BCUT2D eigenvalue weighted by Gasteiger charge is -2.19. The molecular formula is C19H16F3N3O. The normalized spacial score (nSPS) is 11.3. The zero-order valence-electron chi connectivity index (χ0n) is 14.2. The van der Waals surface area contributed by atoms with Crippen LogP contribution in [-0.2, 0) is 6.18 Å². The monoisotopic (exact) mass is 359 g/mol. The Morgan fingerprint density at radius 2 is 1.62 bits per heavy atom. The Morgan fingerprint density at radius 3 is 2.23 bits per heavy atom. The molecule has 134 valence electrons. The highest BCUT2D eigenvalue weighted by Gasteiger charge is 2.36. The molecule has 0 saturated heterocycles. The van der Waals surface area contributed by atoms with Crippen LogP contribution < -0.4 is 9.64 Å². The van der Waals surface area contributed by atoms with Crippen LogP contribution in [0.2, 0.25) is 0 Å². The zero-order chi connectivity index (χ0) is 18.7. The number of aryl methyl sites for hydroxylation is 1. The van der Waals surface area contributed by atoms with E-state index in [1.165, 1.54) is 0 Å². The molecule has 0 spiro atoms. The number of aromatic nitrogens is 2. The molecule has 0 atom stereocenters. The summed E-state index contributed by atoms with van der Waals surface area (Å²) >= 11 is 0. The van der Waals surface area contributed by atoms with E-state index in [4.69, 9.17) is 4.74 Å². The summed E-state index contributed by atoms with van der Waals surface area (Å²) in [7, 11) is 1.68. The van der Waals surface area contributed by atoms with Crippen LogP contribution in [0, 0.1) is 6.92 Å². The molecule has 0 radical (unpaired) electrons. The molecule has 0 aliphatic rings. The third kappa shape index (κ3) is 3.93. The van der Waals surface area contributed by atoms with Crippen molar-refractivity contribution in [3.8, 4) is 11.6 Å². The predicted octanol–water partition coefficient (Wildman–Crippen LogP) is 5.36. The molecular weight excluding hydrogens is 343 g/mol. The maximum Gasteiger partial charge on any atom is 0.423 e. The number of benzene rings is 2. The number of alkyl halides is 3. The first-order chi connectivity index (χ1) is 12.3. The third-order valence-corrected chi connectivity index (χ3v) is 3.73. The van der Waals surface area contributed by atoms with Gasteiger partial charge < -0.3 is 9.64 Å². The first kappa shape index (κ1) is 17.7. The molecule has 0 aliphatic heterocycles. The summed E-state index contributed by atoms with van der Waals surface area (Å²) < 4.78 is 45.2. The molecule has 0 unspecified atom stereocenters. The molecule has 0 N–H and O–H groups in total. The summed E-state index contributed by atoms with van der Waals surface area (Å²) in [5, 5.41) is 0. The molecule has 2 aromatic carbocycles. The Bertz CT molecular complexity index is 881. The molecule has 3 rings (SSSR count). The van der Waals surface area contributed by atoms with Crippen LogP contribution in [0.25, 0.3) is 0 Å². The second-order valence-corrected chi connectivity index (χ2v) is 5.70. The van der Waals surface area contributed by atoms with Gasteiger partial charge in [0.1, 0.15) is 11.3 Å². The van der Waals surface area contributed by atoms with Crippen LogP contribution in [0.4, 0.5) is 24.8 Å². The summed E-state index contributed by atoms with van der Waals surface area (Å²) in [4.78, 5) is 9.46. The van der Waals surface area contributed by atoms with Crippen molar-refractivity contribution in [3.63, 3.8) is 0 Å². The van der Waals surface area contributed by atoms with Gasteiger partial charge in [0, 0.05) is 18.9 Å². The fraction of sp³-hybridized carbons (Fsp3) is 0.158. The minimum atomic E-state index is -4.62. The summed E-state index contributed by atoms with van der Waals surface area (Å²) in [6.45, 7) is 1.95. The predicted molar refractivity (Wildman–Crippen MR) is 92.8 cm³/mol. The molecule has 3 aromatic rings. The van der Waals surface area contributed by atoms with Crippen molar-refractivity contribution in [1.82, 2.24) is 9.97 Å². The molecule has 0 bridgehead atoms. The van der Waals surface area contributed by atoms with Crippen molar-refractivity contribution in [3.05, 3.63) is 71.9 Å². The van der Waals surface area contributed by atoms with Gasteiger partial charge in [-0.3, -0.25) is 0 Å². The number of para-hydroxylation sites is 1. The molecule has 26 heavy (non-hydrogen) atoms. The van der Waals surface area contributed by atoms with E-state index in [1.807, 2.05) is 31.2 Å². The van der Waals surface area contributed by atoms with Crippen molar-refractivity contribution in [1.29, 1.82) is 0 Å². The van der Waals surface area contributed by atoms with Crippen LogP contribution in [-0.4, -0.2) is 17.0 Å². The first-order valence-corrected chi connectivity index (χ1v) is 7.82. The van der Waals surface area contributed by atoms with E-state index in [9.17, 15) is 13.2 Å². The van der Waals surface area contributed by atoms with E-state index in [2.05, 4.69) is 9.97 Å². The average Bonchev–Trinajstić information content (AvgIpc) is 2.61. The van der Waals surface area contributed by atoms with Gasteiger partial charge in [0.15, 0.2) is 0 Å². The molecule has 0 fully saturated rings. The number of ether oxygens (including phenoxy) is 1. The number of anilines is 2. The second-order valence-electron chi connectivity index (χ2n) is 5.70. The van der Waals surface area contributed by atoms with E-state index < -0.39 is 17.6 Å². The van der Waals surface area contributed by atoms with Crippen LogP contribution in [0.3, 0.4) is 0 Å². The van der Waals surface area contributed by atoms with Crippen molar-refractivity contribution in [2.75, 3.05) is 11.9 Å². The van der Waals surface area contributed by atoms with Crippen molar-refractivity contribution in [2.45, 2.75) is 13.1 Å². The van der Waals surface area contributed by atoms with E-state index >= 15 is 0 Å². The second kappa shape index (κ2) is 7.03. The maximum absolute atomic E-state index is 13.3. The standard InChI is InChI=1S/C19H16F3N3O/c1-13-8-10-14(11-9-13)25(2)18-23-12-16(19(20,21)22)17(24-18)26-15-6-4-3-5-7-15/h3-12H,1-2H3. The summed E-state index contributed by atoms with van der Waals surface area (Å²) in [6, 6.07) is 15.7. The quantitative estimate of drug-likeness (QED) is 0.628. The Balaban J connectivity index is 2.00. The average molecular weight is 359 g/mol. The highest BCUT2D eigenvalue weighted by Crippen LogP contribution is 2.37. The number of halogens is 3. The lowest BCUT2D eigenvalue weighted by molar-refractivity contribution is -0.139. The topological polar surface area (TPSA) is 38.2 Å². The fourth-order valence-electron chi connectivity index (χ4n) is 2.28. The SMILES string of the molecule is Cc1ccc(N(C)c2ncc(C(F)(F)F)c(Oc3ccccc3)n2)cc1. The zero-order valence-corrected chi connectivity index (χ0v) is 14.2. The van der Waals surface area contributed by atoms with E-state index in [0.29, 0.717) is 0 Å². The van der Waals surface area contributed by atoms with Crippen molar-refractivity contribution in [2.24, 2.45) is 0 Å². The minimum absolute atomic E-state index is 0.104. The van der Waals surface area contributed by atoms with Gasteiger partial charge in [-0.25, -0.2) is 4.98 Å². The molecule has 1 heterocycles. The number of hydrogen-bond donors (Lipinski definition) is 0. The van der Waals surface area contributed by atoms with Crippen LogP contribution in [0.15, 0.2) is 60.8 Å². The highest BCUT2D eigenvalue weighted by atomic mass is 19.4. The van der Waals surface area contributed by atoms with Crippen LogP contribution >= 0.6 is 0 Å². The number of rotatable bonds is 4. The molecule has 1 aromatic heterocycles. The minimum Gasteiger partial charge on any atom is -0.438 e. The molecule has 7 heteroatoms. The molecule has 0 saturated carbocycles. The van der Waals surface area contributed by atoms with Gasteiger partial charge in [-0.1, -0.05) is 35.9 Å². The summed E-state index contributed by atoms with van der Waals surface area (Å²) in [6.07, 6.45) is -3.88. The Kier molecular flexibility index (Phi) is 4.79. The van der Waals surface area contributed by atoms with Gasteiger partial charge in [0.05, 0.1) is 0 Å². The number of hydrogen-bond acceptors (Lipinski definition) is 4. The number of nitrogens with zero attached hydrogens (tertiary/aromatic N) is 3. The largest absolute Gasteiger partial charge is 0.438 e. The van der Waals surface area contributed by atoms with Crippen LogP contribution in [0.5, 0.6) is 11.6 Å². The molecule has 0 amide bonds. The Hall–Kier alpha value is -3.09. The summed E-state index contributed by atoms with van der Waals surface area (Å²) in [5.74, 6) is -0.166. The van der Waals surface area contributed by atoms with Crippen molar-refractivity contribution >= 4 is 11.6 Å². The van der Waals surface area contributed by atoms with Crippen LogP contribution in [0.1, 0.15) is 11.1 Å². The van der Waals surface area contributed by atoms with E-state index in [-0.39, 0.29) is 11.7 Å². The maximum atomic E-state index is 13.3. The fourth-order valence-corrected chi connectivity index (χ4v) is 2.28. The van der Waals surface area contributed by atoms with Gasteiger partial charge in [0.2, 0.25) is 11.8 Å². The van der Waals surface area contributed by atoms with Gasteiger partial charge >= 0.3 is 6.18 Å². The third-order valence-electron chi connectivity index (χ3n) is 3.73. The lowest BCUT2D eigenvalue weighted by atomic mass is 10.2. The smallest absolute Gasteiger partial charge is 0.423 e. The van der Waals surface area contributed by atoms with Crippen molar-refractivity contribution < 1.29 is 17.9 Å². The van der Waals surface area contributed by atoms with Gasteiger partial charge in [-0.05, 0) is 31.2 Å². The summed E-state index contributed by atoms with van der Waals surface area (Å²) in [5.41, 5.74) is 0.798. The van der Waals surface area contributed by atoms with Gasteiger partial charge in [-0.15, -0.1) is 0 Å². The molecule has 0 aliphatic carbocycles. The lowest BCUT2D eigenvalue weighted by Crippen LogP contribution is -2.16. The van der Waals surface area contributed by atoms with E-state index in [0.717, 1.165) is 17.4 Å². The Labute approximate surface area is 148 Å². The van der Waals surface area contributed by atoms with Gasteiger partial charge in [0.25, 0.3) is 0 Å². The highest BCUT2D eigenvalue weighted by molar-refractivity contribution is 5.57.